The van der Waals surface area contributed by atoms with Crippen LogP contribution in [-0.4, -0.2) is 6.72 Å². The van der Waals surface area contributed by atoms with Crippen LogP contribution in [0.2, 0.25) is 0 Å². The second-order valence-electron chi connectivity index (χ2n) is 2.79. The largest absolute Gasteiger partial charge is 0.264 e. The van der Waals surface area contributed by atoms with Crippen molar-refractivity contribution in [3.63, 3.8) is 0 Å². The van der Waals surface area contributed by atoms with Crippen molar-refractivity contribution in [3.05, 3.63) is 35.2 Å². The molecule has 1 nitrogen and oxygen atoms in total. The van der Waals surface area contributed by atoms with E-state index in [2.05, 4.69) is 11.7 Å². The van der Waals surface area contributed by atoms with Gasteiger partial charge >= 0.3 is 0 Å². The van der Waals surface area contributed by atoms with Crippen LogP contribution >= 0.6 is 0 Å². The number of halogens is 1. The Kier molecular flexibility index (Phi) is 2.96. The van der Waals surface area contributed by atoms with Gasteiger partial charge in [-0.2, -0.15) is 0 Å². The average Bonchev–Trinajstić information content (AvgIpc) is 2.14. The number of aliphatic imine (C=N–C) groups is 1. The van der Waals surface area contributed by atoms with Crippen LogP contribution in [0.15, 0.2) is 23.2 Å². The van der Waals surface area contributed by atoms with Gasteiger partial charge in [0.2, 0.25) is 0 Å². The fraction of sp³-hybridized carbons (Fsp3) is 0.182. The zero-order chi connectivity index (χ0) is 9.84. The van der Waals surface area contributed by atoms with Gasteiger partial charge in [-0.1, -0.05) is 18.2 Å². The Morgan fingerprint density at radius 3 is 2.69 bits per heavy atom. The third kappa shape index (κ3) is 1.83. The van der Waals surface area contributed by atoms with Crippen molar-refractivity contribution in [3.8, 4) is 0 Å². The molecule has 13 heavy (non-hydrogen) atoms. The first-order valence-corrected chi connectivity index (χ1v) is 4.09. The Hall–Kier alpha value is -1.44. The third-order valence-corrected chi connectivity index (χ3v) is 1.85. The van der Waals surface area contributed by atoms with Gasteiger partial charge in [0, 0.05) is 5.56 Å². The van der Waals surface area contributed by atoms with Crippen molar-refractivity contribution < 1.29 is 4.39 Å². The highest BCUT2D eigenvalue weighted by atomic mass is 19.1. The van der Waals surface area contributed by atoms with Crippen molar-refractivity contribution in [2.75, 3.05) is 0 Å². The quantitative estimate of drug-likeness (QED) is 0.613. The molecule has 0 aliphatic carbocycles. The third-order valence-electron chi connectivity index (χ3n) is 1.85. The summed E-state index contributed by atoms with van der Waals surface area (Å²) in [5.41, 5.74) is 1.72. The first-order valence-electron chi connectivity index (χ1n) is 4.09. The minimum atomic E-state index is -0.219. The summed E-state index contributed by atoms with van der Waals surface area (Å²) in [6.45, 7) is 6.97. The monoisotopic (exact) mass is 177 g/mol. The van der Waals surface area contributed by atoms with E-state index in [4.69, 9.17) is 0 Å². The maximum Gasteiger partial charge on any atom is 0.135 e. The van der Waals surface area contributed by atoms with E-state index >= 15 is 0 Å². The van der Waals surface area contributed by atoms with E-state index in [9.17, 15) is 4.39 Å². The van der Waals surface area contributed by atoms with E-state index < -0.39 is 0 Å². The van der Waals surface area contributed by atoms with Crippen LogP contribution in [0.3, 0.4) is 0 Å². The van der Waals surface area contributed by atoms with Gasteiger partial charge in [0.25, 0.3) is 0 Å². The highest BCUT2D eigenvalue weighted by Gasteiger charge is 2.06. The van der Waals surface area contributed by atoms with Gasteiger partial charge in [-0.15, -0.1) is 0 Å². The topological polar surface area (TPSA) is 12.4 Å². The van der Waals surface area contributed by atoms with E-state index in [0.717, 1.165) is 0 Å². The van der Waals surface area contributed by atoms with Crippen LogP contribution in [-0.2, 0) is 0 Å². The molecule has 0 unspecified atom stereocenters. The lowest BCUT2D eigenvalue weighted by Crippen LogP contribution is -1.87. The molecule has 0 saturated heterocycles. The Labute approximate surface area is 77.6 Å². The molecule has 0 saturated carbocycles. The molecule has 0 aromatic heterocycles. The van der Waals surface area contributed by atoms with E-state index in [1.165, 1.54) is 0 Å². The molecule has 0 amide bonds. The number of aryl methyl sites for hydroxylation is 1. The molecule has 0 aliphatic rings. The van der Waals surface area contributed by atoms with E-state index in [0.29, 0.717) is 16.8 Å². The maximum absolute atomic E-state index is 13.5. The number of hydrogen-bond acceptors (Lipinski definition) is 1. The van der Waals surface area contributed by atoms with Gasteiger partial charge in [-0.25, -0.2) is 4.39 Å². The second-order valence-corrected chi connectivity index (χ2v) is 2.79. The Morgan fingerprint density at radius 2 is 2.15 bits per heavy atom. The highest BCUT2D eigenvalue weighted by Crippen LogP contribution is 2.25. The standard InChI is InChI=1S/C11H12FN/c1-4-5-9-10(13-3)7-6-8(2)11(9)12/h4-7H,3H2,1-2H3/b5-4-. The van der Waals surface area contributed by atoms with Crippen molar-refractivity contribution in [2.45, 2.75) is 13.8 Å². The molecule has 68 valence electrons. The molecule has 0 N–H and O–H groups in total. The lowest BCUT2D eigenvalue weighted by atomic mass is 10.1. The summed E-state index contributed by atoms with van der Waals surface area (Å²) >= 11 is 0. The molecule has 0 spiro atoms. The lowest BCUT2D eigenvalue weighted by Gasteiger charge is -2.04. The molecule has 0 radical (unpaired) electrons. The summed E-state index contributed by atoms with van der Waals surface area (Å²) in [5, 5.41) is 0. The van der Waals surface area contributed by atoms with Gasteiger partial charge in [0.1, 0.15) is 5.82 Å². The number of nitrogens with zero attached hydrogens (tertiary/aromatic N) is 1. The fourth-order valence-corrected chi connectivity index (χ4v) is 1.15. The van der Waals surface area contributed by atoms with Gasteiger partial charge in [-0.05, 0) is 32.2 Å². The van der Waals surface area contributed by atoms with Gasteiger partial charge in [-0.3, -0.25) is 4.99 Å². The minimum absolute atomic E-state index is 0.219. The van der Waals surface area contributed by atoms with Gasteiger partial charge in [0.05, 0.1) is 5.69 Å². The normalized spacial score (nSPS) is 10.7. The molecule has 0 aliphatic heterocycles. The van der Waals surface area contributed by atoms with Gasteiger partial charge < -0.3 is 0 Å². The average molecular weight is 177 g/mol. The molecule has 0 atom stereocenters. The van der Waals surface area contributed by atoms with Crippen LogP contribution in [0.4, 0.5) is 10.1 Å². The van der Waals surface area contributed by atoms with Crippen molar-refractivity contribution in [1.29, 1.82) is 0 Å². The molecular formula is C11H12FN. The van der Waals surface area contributed by atoms with Crippen molar-refractivity contribution >= 4 is 18.5 Å². The fourth-order valence-electron chi connectivity index (χ4n) is 1.15. The SMILES string of the molecule is C=Nc1ccc(C)c(F)c1/C=C\C. The number of benzene rings is 1. The Balaban J connectivity index is 3.40. The van der Waals surface area contributed by atoms with Crippen LogP contribution in [0.5, 0.6) is 0 Å². The number of rotatable bonds is 2. The van der Waals surface area contributed by atoms with Crippen LogP contribution < -0.4 is 0 Å². The summed E-state index contributed by atoms with van der Waals surface area (Å²) in [5.74, 6) is -0.219. The smallest absolute Gasteiger partial charge is 0.135 e. The molecule has 2 heteroatoms. The summed E-state index contributed by atoms with van der Waals surface area (Å²) in [6.07, 6.45) is 3.48. The predicted molar refractivity (Wildman–Crippen MR) is 55.1 cm³/mol. The zero-order valence-electron chi connectivity index (χ0n) is 7.84. The zero-order valence-corrected chi connectivity index (χ0v) is 7.84. The number of allylic oxidation sites excluding steroid dienone is 1. The molecule has 1 rings (SSSR count). The summed E-state index contributed by atoms with van der Waals surface area (Å²) < 4.78 is 13.5. The van der Waals surface area contributed by atoms with E-state index in [1.54, 1.807) is 31.2 Å². The maximum atomic E-state index is 13.5. The van der Waals surface area contributed by atoms with E-state index in [1.807, 2.05) is 6.92 Å². The molecule has 1 aromatic carbocycles. The molecular weight excluding hydrogens is 165 g/mol. The Morgan fingerprint density at radius 1 is 1.46 bits per heavy atom. The highest BCUT2D eigenvalue weighted by molar-refractivity contribution is 5.67. The van der Waals surface area contributed by atoms with Gasteiger partial charge in [0.15, 0.2) is 0 Å². The lowest BCUT2D eigenvalue weighted by molar-refractivity contribution is 0.616. The molecule has 0 heterocycles. The predicted octanol–water partition coefficient (Wildman–Crippen LogP) is 3.50. The van der Waals surface area contributed by atoms with Crippen LogP contribution in [0.25, 0.3) is 6.08 Å². The van der Waals surface area contributed by atoms with E-state index in [-0.39, 0.29) is 5.82 Å². The summed E-state index contributed by atoms with van der Waals surface area (Å²) in [4.78, 5) is 3.75. The summed E-state index contributed by atoms with van der Waals surface area (Å²) in [7, 11) is 0. The minimum Gasteiger partial charge on any atom is -0.264 e. The molecule has 1 aromatic rings. The Bertz CT molecular complexity index is 353. The van der Waals surface area contributed by atoms with Crippen molar-refractivity contribution in [2.24, 2.45) is 4.99 Å². The number of hydrogen-bond donors (Lipinski definition) is 0. The van der Waals surface area contributed by atoms with Crippen LogP contribution in [0.1, 0.15) is 18.1 Å². The first kappa shape index (κ1) is 9.65. The molecule has 0 fully saturated rings. The van der Waals surface area contributed by atoms with Crippen molar-refractivity contribution in [1.82, 2.24) is 0 Å². The first-order chi connectivity index (χ1) is 6.20. The second kappa shape index (κ2) is 3.99. The van der Waals surface area contributed by atoms with Crippen LogP contribution in [0, 0.1) is 12.7 Å². The molecule has 0 bridgehead atoms. The summed E-state index contributed by atoms with van der Waals surface area (Å²) in [6, 6.07) is 3.47.